The standard InChI is InChI=1S/C21H20N2O3/c1-4-11-26-19-10-7-16(13-20(19)25-3)12-17(14-22)21(24)23-18-8-5-15(2)6-9-18/h4-10,12-13H,1,11H2,2-3H3,(H,23,24)/b17-12+. The summed E-state index contributed by atoms with van der Waals surface area (Å²) in [6.45, 7) is 5.92. The maximum Gasteiger partial charge on any atom is 0.266 e. The first-order valence-corrected chi connectivity index (χ1v) is 7.99. The van der Waals surface area contributed by atoms with Gasteiger partial charge in [0.1, 0.15) is 18.2 Å². The zero-order chi connectivity index (χ0) is 18.9. The number of nitrogens with zero attached hydrogens (tertiary/aromatic N) is 1. The maximum absolute atomic E-state index is 12.3. The van der Waals surface area contributed by atoms with Gasteiger partial charge in [0.05, 0.1) is 7.11 Å². The number of amides is 1. The van der Waals surface area contributed by atoms with Gasteiger partial charge >= 0.3 is 0 Å². The molecule has 0 bridgehead atoms. The number of aryl methyl sites for hydroxylation is 1. The first-order chi connectivity index (χ1) is 12.6. The molecule has 1 N–H and O–H groups in total. The molecule has 0 heterocycles. The lowest BCUT2D eigenvalue weighted by Crippen LogP contribution is -2.13. The highest BCUT2D eigenvalue weighted by Gasteiger charge is 2.11. The van der Waals surface area contributed by atoms with Gasteiger partial charge in [0, 0.05) is 5.69 Å². The van der Waals surface area contributed by atoms with E-state index < -0.39 is 5.91 Å². The van der Waals surface area contributed by atoms with Crippen molar-refractivity contribution in [2.75, 3.05) is 19.0 Å². The van der Waals surface area contributed by atoms with Crippen molar-refractivity contribution in [3.63, 3.8) is 0 Å². The van der Waals surface area contributed by atoms with Gasteiger partial charge in [0.15, 0.2) is 11.5 Å². The van der Waals surface area contributed by atoms with Crippen LogP contribution in [-0.2, 0) is 4.79 Å². The number of benzene rings is 2. The Hall–Kier alpha value is -3.52. The van der Waals surface area contributed by atoms with E-state index in [2.05, 4.69) is 11.9 Å². The van der Waals surface area contributed by atoms with Crippen LogP contribution in [0.15, 0.2) is 60.7 Å². The van der Waals surface area contributed by atoms with E-state index >= 15 is 0 Å². The van der Waals surface area contributed by atoms with Crippen LogP contribution in [0.2, 0.25) is 0 Å². The average molecular weight is 348 g/mol. The van der Waals surface area contributed by atoms with E-state index in [1.165, 1.54) is 13.2 Å². The zero-order valence-corrected chi connectivity index (χ0v) is 14.8. The fraction of sp³-hybridized carbons (Fsp3) is 0.143. The van der Waals surface area contributed by atoms with Crippen molar-refractivity contribution in [2.45, 2.75) is 6.92 Å². The van der Waals surface area contributed by atoms with Gasteiger partial charge in [-0.15, -0.1) is 0 Å². The molecule has 1 amide bonds. The number of hydrogen-bond acceptors (Lipinski definition) is 4. The number of hydrogen-bond donors (Lipinski definition) is 1. The summed E-state index contributed by atoms with van der Waals surface area (Å²) >= 11 is 0. The van der Waals surface area contributed by atoms with Gasteiger partial charge in [0.25, 0.3) is 5.91 Å². The Morgan fingerprint density at radius 2 is 1.96 bits per heavy atom. The molecule has 0 atom stereocenters. The number of anilines is 1. The van der Waals surface area contributed by atoms with Crippen molar-refractivity contribution in [3.05, 3.63) is 71.8 Å². The molecular formula is C21H20N2O3. The minimum atomic E-state index is -0.470. The van der Waals surface area contributed by atoms with Crippen molar-refractivity contribution < 1.29 is 14.3 Å². The molecule has 0 spiro atoms. The molecule has 0 unspecified atom stereocenters. The quantitative estimate of drug-likeness (QED) is 0.464. The molecular weight excluding hydrogens is 328 g/mol. The summed E-state index contributed by atoms with van der Waals surface area (Å²) in [6.07, 6.45) is 3.14. The topological polar surface area (TPSA) is 71.3 Å². The number of nitriles is 1. The van der Waals surface area contributed by atoms with E-state index in [-0.39, 0.29) is 5.57 Å². The minimum Gasteiger partial charge on any atom is -0.493 e. The molecule has 0 fully saturated rings. The highest BCUT2D eigenvalue weighted by molar-refractivity contribution is 6.09. The summed E-state index contributed by atoms with van der Waals surface area (Å²) < 4.78 is 10.8. The second kappa shape index (κ2) is 9.09. The lowest BCUT2D eigenvalue weighted by molar-refractivity contribution is -0.112. The molecule has 0 aromatic heterocycles. The Kier molecular flexibility index (Phi) is 6.58. The van der Waals surface area contributed by atoms with Crippen LogP contribution in [0.1, 0.15) is 11.1 Å². The normalized spacial score (nSPS) is 10.6. The van der Waals surface area contributed by atoms with Gasteiger partial charge in [-0.1, -0.05) is 36.4 Å². The SMILES string of the molecule is C=CCOc1ccc(/C=C(\C#N)C(=O)Nc2ccc(C)cc2)cc1OC. The Morgan fingerprint density at radius 1 is 1.23 bits per heavy atom. The highest BCUT2D eigenvalue weighted by atomic mass is 16.5. The molecule has 0 aliphatic rings. The van der Waals surface area contributed by atoms with E-state index in [0.717, 1.165) is 5.56 Å². The summed E-state index contributed by atoms with van der Waals surface area (Å²) in [5.41, 5.74) is 2.37. The first kappa shape index (κ1) is 18.8. The smallest absolute Gasteiger partial charge is 0.266 e. The molecule has 0 aliphatic carbocycles. The monoisotopic (exact) mass is 348 g/mol. The summed E-state index contributed by atoms with van der Waals surface area (Å²) in [5.74, 6) is 0.603. The molecule has 0 saturated heterocycles. The molecule has 5 nitrogen and oxygen atoms in total. The van der Waals surface area contributed by atoms with Gasteiger partial charge < -0.3 is 14.8 Å². The molecule has 0 aliphatic heterocycles. The molecule has 5 heteroatoms. The average Bonchev–Trinajstić information content (AvgIpc) is 2.66. The van der Waals surface area contributed by atoms with Crippen LogP contribution in [-0.4, -0.2) is 19.6 Å². The summed E-state index contributed by atoms with van der Waals surface area (Å²) in [4.78, 5) is 12.3. The van der Waals surface area contributed by atoms with E-state index in [4.69, 9.17) is 9.47 Å². The van der Waals surface area contributed by atoms with E-state index in [0.29, 0.717) is 29.4 Å². The third-order valence-corrected chi connectivity index (χ3v) is 3.53. The molecule has 0 radical (unpaired) electrons. The number of carbonyl (C=O) groups is 1. The predicted molar refractivity (Wildman–Crippen MR) is 102 cm³/mol. The first-order valence-electron chi connectivity index (χ1n) is 7.99. The Bertz CT molecular complexity index is 862. The molecule has 2 aromatic carbocycles. The highest BCUT2D eigenvalue weighted by Crippen LogP contribution is 2.29. The van der Waals surface area contributed by atoms with Crippen LogP contribution < -0.4 is 14.8 Å². The fourth-order valence-electron chi connectivity index (χ4n) is 2.19. The zero-order valence-electron chi connectivity index (χ0n) is 14.8. The lowest BCUT2D eigenvalue weighted by Gasteiger charge is -2.10. The largest absolute Gasteiger partial charge is 0.493 e. The maximum atomic E-state index is 12.3. The van der Waals surface area contributed by atoms with Gasteiger partial charge in [-0.25, -0.2) is 0 Å². The Balaban J connectivity index is 2.21. The molecule has 2 aromatic rings. The van der Waals surface area contributed by atoms with Gasteiger partial charge in [0.2, 0.25) is 0 Å². The molecule has 2 rings (SSSR count). The third-order valence-electron chi connectivity index (χ3n) is 3.53. The van der Waals surface area contributed by atoms with Crippen molar-refractivity contribution in [1.82, 2.24) is 0 Å². The molecule has 132 valence electrons. The van der Waals surface area contributed by atoms with Crippen molar-refractivity contribution >= 4 is 17.7 Å². The Labute approximate surface area is 153 Å². The number of nitrogens with one attached hydrogen (secondary N) is 1. The summed E-state index contributed by atoms with van der Waals surface area (Å²) in [6, 6.07) is 14.5. The van der Waals surface area contributed by atoms with Crippen LogP contribution in [0.4, 0.5) is 5.69 Å². The van der Waals surface area contributed by atoms with Crippen LogP contribution in [0.5, 0.6) is 11.5 Å². The van der Waals surface area contributed by atoms with Gasteiger partial charge in [-0.3, -0.25) is 4.79 Å². The van der Waals surface area contributed by atoms with Crippen LogP contribution in [0.25, 0.3) is 6.08 Å². The second-order valence-electron chi connectivity index (χ2n) is 5.50. The summed E-state index contributed by atoms with van der Waals surface area (Å²) in [7, 11) is 1.53. The number of carbonyl (C=O) groups excluding carboxylic acids is 1. The fourth-order valence-corrected chi connectivity index (χ4v) is 2.19. The van der Waals surface area contributed by atoms with Crippen molar-refractivity contribution in [1.29, 1.82) is 5.26 Å². The van der Waals surface area contributed by atoms with Gasteiger partial charge in [-0.05, 0) is 42.8 Å². The van der Waals surface area contributed by atoms with Crippen molar-refractivity contribution in [3.8, 4) is 17.6 Å². The predicted octanol–water partition coefficient (Wildman–Crippen LogP) is 4.11. The van der Waals surface area contributed by atoms with Crippen LogP contribution in [0.3, 0.4) is 0 Å². The molecule has 26 heavy (non-hydrogen) atoms. The van der Waals surface area contributed by atoms with E-state index in [1.807, 2.05) is 25.1 Å². The van der Waals surface area contributed by atoms with Crippen LogP contribution in [0, 0.1) is 18.3 Å². The Morgan fingerprint density at radius 3 is 2.58 bits per heavy atom. The minimum absolute atomic E-state index is 0.00705. The van der Waals surface area contributed by atoms with Crippen molar-refractivity contribution in [2.24, 2.45) is 0 Å². The second-order valence-corrected chi connectivity index (χ2v) is 5.50. The van der Waals surface area contributed by atoms with E-state index in [1.54, 1.807) is 36.4 Å². The number of rotatable bonds is 7. The third kappa shape index (κ3) is 4.99. The van der Waals surface area contributed by atoms with Crippen LogP contribution >= 0.6 is 0 Å². The summed E-state index contributed by atoms with van der Waals surface area (Å²) in [5, 5.41) is 12.0. The molecule has 0 saturated carbocycles. The van der Waals surface area contributed by atoms with E-state index in [9.17, 15) is 10.1 Å². The lowest BCUT2D eigenvalue weighted by atomic mass is 10.1. The number of ether oxygens (including phenoxy) is 2. The van der Waals surface area contributed by atoms with Gasteiger partial charge in [-0.2, -0.15) is 5.26 Å². The number of methoxy groups -OCH3 is 1.